The molecule has 6 heteroatoms. The summed E-state index contributed by atoms with van der Waals surface area (Å²) in [6.07, 6.45) is 0. The van der Waals surface area contributed by atoms with Crippen LogP contribution in [0.15, 0.2) is 54.6 Å². The van der Waals surface area contributed by atoms with E-state index in [9.17, 15) is 4.79 Å². The lowest BCUT2D eigenvalue weighted by Gasteiger charge is -2.05. The number of aromatic nitrogens is 2. The molecule has 0 aliphatic carbocycles. The molecule has 0 atom stereocenters. The molecule has 26 heavy (non-hydrogen) atoms. The van der Waals surface area contributed by atoms with Crippen LogP contribution >= 0.6 is 22.9 Å². The van der Waals surface area contributed by atoms with E-state index in [0.29, 0.717) is 15.6 Å². The van der Waals surface area contributed by atoms with Crippen LogP contribution in [0, 0.1) is 13.8 Å². The van der Waals surface area contributed by atoms with Gasteiger partial charge in [0.1, 0.15) is 4.83 Å². The molecule has 2 aromatic heterocycles. The van der Waals surface area contributed by atoms with Gasteiger partial charge in [-0.3, -0.25) is 4.79 Å². The Morgan fingerprint density at radius 3 is 2.69 bits per heavy atom. The highest BCUT2D eigenvalue weighted by atomic mass is 35.5. The first kappa shape index (κ1) is 16.8. The van der Waals surface area contributed by atoms with E-state index in [1.807, 2.05) is 54.9 Å². The van der Waals surface area contributed by atoms with Crippen LogP contribution in [0.25, 0.3) is 15.9 Å². The maximum atomic E-state index is 12.7. The minimum Gasteiger partial charge on any atom is -0.320 e. The number of benzene rings is 2. The lowest BCUT2D eigenvalue weighted by Crippen LogP contribution is -2.10. The average molecular weight is 382 g/mol. The SMILES string of the molecule is Cc1cccc(-n2nc(C)c3cc(C(=O)Nc4ccccc4Cl)sc32)c1. The van der Waals surface area contributed by atoms with Gasteiger partial charge in [0, 0.05) is 5.39 Å². The number of anilines is 1. The Balaban J connectivity index is 1.73. The number of hydrogen-bond donors (Lipinski definition) is 1. The van der Waals surface area contributed by atoms with Crippen LogP contribution in [0.3, 0.4) is 0 Å². The molecule has 0 radical (unpaired) electrons. The number of amides is 1. The fraction of sp³-hybridized carbons (Fsp3) is 0.100. The van der Waals surface area contributed by atoms with Crippen LogP contribution in [0.4, 0.5) is 5.69 Å². The highest BCUT2D eigenvalue weighted by molar-refractivity contribution is 7.20. The van der Waals surface area contributed by atoms with Gasteiger partial charge >= 0.3 is 0 Å². The average Bonchev–Trinajstić information content (AvgIpc) is 3.18. The Bertz CT molecular complexity index is 1130. The predicted molar refractivity (Wildman–Crippen MR) is 108 cm³/mol. The summed E-state index contributed by atoms with van der Waals surface area (Å²) in [5.41, 5.74) is 3.66. The van der Waals surface area contributed by atoms with Crippen LogP contribution in [0.5, 0.6) is 0 Å². The number of aryl methyl sites for hydroxylation is 2. The van der Waals surface area contributed by atoms with Crippen molar-refractivity contribution in [3.8, 4) is 5.69 Å². The second-order valence-electron chi connectivity index (χ2n) is 6.10. The molecule has 2 aromatic carbocycles. The molecular formula is C20H16ClN3OS. The van der Waals surface area contributed by atoms with Crippen LogP contribution in [-0.4, -0.2) is 15.7 Å². The third-order valence-electron chi connectivity index (χ3n) is 4.14. The van der Waals surface area contributed by atoms with Gasteiger partial charge in [-0.2, -0.15) is 5.10 Å². The molecule has 4 rings (SSSR count). The van der Waals surface area contributed by atoms with Crippen molar-refractivity contribution in [2.75, 3.05) is 5.32 Å². The Morgan fingerprint density at radius 2 is 1.92 bits per heavy atom. The molecule has 2 heterocycles. The van der Waals surface area contributed by atoms with Gasteiger partial charge in [0.25, 0.3) is 5.91 Å². The van der Waals surface area contributed by atoms with Gasteiger partial charge in [-0.25, -0.2) is 4.68 Å². The summed E-state index contributed by atoms with van der Waals surface area (Å²) in [6.45, 7) is 4.01. The molecule has 0 aliphatic heterocycles. The standard InChI is InChI=1S/C20H16ClN3OS/c1-12-6-5-7-14(10-12)24-20-15(13(2)23-24)11-18(26-20)19(25)22-17-9-4-3-8-16(17)21/h3-11H,1-2H3,(H,22,25). The summed E-state index contributed by atoms with van der Waals surface area (Å²) in [5.74, 6) is -0.172. The first-order chi connectivity index (χ1) is 12.5. The summed E-state index contributed by atoms with van der Waals surface area (Å²) < 4.78 is 1.90. The Kier molecular flexibility index (Phi) is 4.26. The molecule has 4 nitrogen and oxygen atoms in total. The van der Waals surface area contributed by atoms with Crippen molar-refractivity contribution >= 4 is 44.7 Å². The van der Waals surface area contributed by atoms with Crippen molar-refractivity contribution in [1.29, 1.82) is 0 Å². The van der Waals surface area contributed by atoms with E-state index in [1.54, 1.807) is 12.1 Å². The maximum absolute atomic E-state index is 12.7. The summed E-state index contributed by atoms with van der Waals surface area (Å²) >= 11 is 7.56. The second kappa shape index (κ2) is 6.59. The quantitative estimate of drug-likeness (QED) is 0.501. The van der Waals surface area contributed by atoms with Crippen LogP contribution in [-0.2, 0) is 0 Å². The lowest BCUT2D eigenvalue weighted by atomic mass is 10.2. The highest BCUT2D eigenvalue weighted by Gasteiger charge is 2.18. The monoisotopic (exact) mass is 381 g/mol. The summed E-state index contributed by atoms with van der Waals surface area (Å²) in [6, 6.07) is 17.2. The zero-order valence-corrected chi connectivity index (χ0v) is 15.9. The number of fused-ring (bicyclic) bond motifs is 1. The smallest absolute Gasteiger partial charge is 0.265 e. The third-order valence-corrected chi connectivity index (χ3v) is 5.58. The first-order valence-electron chi connectivity index (χ1n) is 8.15. The normalized spacial score (nSPS) is 11.0. The topological polar surface area (TPSA) is 46.9 Å². The van der Waals surface area contributed by atoms with Crippen LogP contribution in [0.2, 0.25) is 5.02 Å². The number of carbonyl (C=O) groups excluding carboxylic acids is 1. The Morgan fingerprint density at radius 1 is 1.12 bits per heavy atom. The summed E-state index contributed by atoms with van der Waals surface area (Å²) in [5, 5.41) is 9.01. The van der Waals surface area contributed by atoms with Gasteiger partial charge in [-0.1, -0.05) is 35.9 Å². The molecule has 1 amide bonds. The number of nitrogens with zero attached hydrogens (tertiary/aromatic N) is 2. The van der Waals surface area contributed by atoms with Crippen molar-refractivity contribution in [2.24, 2.45) is 0 Å². The van der Waals surface area contributed by atoms with Gasteiger partial charge in [-0.05, 0) is 49.7 Å². The largest absolute Gasteiger partial charge is 0.320 e. The van der Waals surface area contributed by atoms with Crippen molar-refractivity contribution in [3.05, 3.63) is 75.8 Å². The van der Waals surface area contributed by atoms with Crippen molar-refractivity contribution in [3.63, 3.8) is 0 Å². The van der Waals surface area contributed by atoms with Crippen molar-refractivity contribution < 1.29 is 4.79 Å². The highest BCUT2D eigenvalue weighted by Crippen LogP contribution is 2.31. The van der Waals surface area contributed by atoms with Crippen LogP contribution in [0.1, 0.15) is 20.9 Å². The Hall–Kier alpha value is -2.63. The zero-order valence-electron chi connectivity index (χ0n) is 14.3. The minimum atomic E-state index is -0.172. The molecule has 0 aliphatic rings. The number of para-hydroxylation sites is 1. The van der Waals surface area contributed by atoms with Crippen molar-refractivity contribution in [2.45, 2.75) is 13.8 Å². The van der Waals surface area contributed by atoms with E-state index in [2.05, 4.69) is 16.5 Å². The van der Waals surface area contributed by atoms with E-state index in [1.165, 1.54) is 11.3 Å². The molecule has 0 spiro atoms. The molecular weight excluding hydrogens is 366 g/mol. The number of halogens is 1. The predicted octanol–water partition coefficient (Wildman–Crippen LogP) is 5.61. The van der Waals surface area contributed by atoms with E-state index in [-0.39, 0.29) is 5.91 Å². The van der Waals surface area contributed by atoms with E-state index in [4.69, 9.17) is 11.6 Å². The fourth-order valence-electron chi connectivity index (χ4n) is 2.84. The lowest BCUT2D eigenvalue weighted by molar-refractivity contribution is 0.103. The van der Waals surface area contributed by atoms with Crippen molar-refractivity contribution in [1.82, 2.24) is 9.78 Å². The molecule has 0 fully saturated rings. The van der Waals surface area contributed by atoms with Gasteiger partial charge in [0.2, 0.25) is 0 Å². The number of rotatable bonds is 3. The molecule has 0 bridgehead atoms. The second-order valence-corrected chi connectivity index (χ2v) is 7.54. The summed E-state index contributed by atoms with van der Waals surface area (Å²) in [7, 11) is 0. The number of thiophene rings is 1. The molecule has 0 saturated heterocycles. The summed E-state index contributed by atoms with van der Waals surface area (Å²) in [4.78, 5) is 14.2. The molecule has 0 saturated carbocycles. The molecule has 0 unspecified atom stereocenters. The number of nitrogens with one attached hydrogen (secondary N) is 1. The molecule has 130 valence electrons. The molecule has 1 N–H and O–H groups in total. The van der Waals surface area contributed by atoms with Gasteiger partial charge in [-0.15, -0.1) is 11.3 Å². The maximum Gasteiger partial charge on any atom is 0.265 e. The van der Waals surface area contributed by atoms with E-state index in [0.717, 1.165) is 27.2 Å². The van der Waals surface area contributed by atoms with E-state index >= 15 is 0 Å². The molecule has 4 aromatic rings. The van der Waals surface area contributed by atoms with Gasteiger partial charge < -0.3 is 5.32 Å². The number of hydrogen-bond acceptors (Lipinski definition) is 3. The van der Waals surface area contributed by atoms with Gasteiger partial charge in [0.15, 0.2) is 0 Å². The minimum absolute atomic E-state index is 0.172. The zero-order chi connectivity index (χ0) is 18.3. The first-order valence-corrected chi connectivity index (χ1v) is 9.34. The third kappa shape index (κ3) is 3.00. The van der Waals surface area contributed by atoms with Gasteiger partial charge in [0.05, 0.1) is 27.0 Å². The van der Waals surface area contributed by atoms with Crippen LogP contribution < -0.4 is 5.32 Å². The number of carbonyl (C=O) groups is 1. The Labute approximate surface area is 160 Å². The van der Waals surface area contributed by atoms with E-state index < -0.39 is 0 Å². The fourth-order valence-corrected chi connectivity index (χ4v) is 4.10.